The van der Waals surface area contributed by atoms with Crippen molar-refractivity contribution in [3.8, 4) is 5.88 Å². The Balaban J connectivity index is 1.70. The minimum absolute atomic E-state index is 0.0783. The van der Waals surface area contributed by atoms with E-state index in [0.29, 0.717) is 23.4 Å². The minimum atomic E-state index is 0.0783. The molecule has 2 fully saturated rings. The predicted octanol–water partition coefficient (Wildman–Crippen LogP) is 1.73. The smallest absolute Gasteiger partial charge is 0.255 e. The van der Waals surface area contributed by atoms with Crippen LogP contribution >= 0.6 is 0 Å². The number of methoxy groups -OCH3 is 1. The van der Waals surface area contributed by atoms with Gasteiger partial charge in [0.1, 0.15) is 0 Å². The SMILES string of the molecule is COc1ccc(C(=O)N(CC2CCOC2)C2CC2)cn1. The van der Waals surface area contributed by atoms with E-state index >= 15 is 0 Å². The molecule has 0 radical (unpaired) electrons. The van der Waals surface area contributed by atoms with Crippen LogP contribution in [-0.4, -0.2) is 48.7 Å². The Morgan fingerprint density at radius 3 is 2.85 bits per heavy atom. The fourth-order valence-corrected chi connectivity index (χ4v) is 2.58. The quantitative estimate of drug-likeness (QED) is 0.822. The Morgan fingerprint density at radius 2 is 2.30 bits per heavy atom. The summed E-state index contributed by atoms with van der Waals surface area (Å²) in [4.78, 5) is 18.7. The van der Waals surface area contributed by atoms with Crippen LogP contribution in [-0.2, 0) is 4.74 Å². The van der Waals surface area contributed by atoms with Crippen molar-refractivity contribution in [2.75, 3.05) is 26.9 Å². The molecule has 1 aromatic heterocycles. The van der Waals surface area contributed by atoms with E-state index in [1.165, 1.54) is 0 Å². The maximum Gasteiger partial charge on any atom is 0.255 e. The van der Waals surface area contributed by atoms with Crippen molar-refractivity contribution in [1.29, 1.82) is 0 Å². The van der Waals surface area contributed by atoms with Gasteiger partial charge in [-0.1, -0.05) is 0 Å². The van der Waals surface area contributed by atoms with E-state index in [0.717, 1.165) is 39.0 Å². The lowest BCUT2D eigenvalue weighted by molar-refractivity contribution is 0.0705. The molecule has 1 unspecified atom stereocenters. The molecule has 0 N–H and O–H groups in total. The first-order valence-electron chi connectivity index (χ1n) is 7.16. The van der Waals surface area contributed by atoms with Gasteiger partial charge in [-0.25, -0.2) is 4.98 Å². The van der Waals surface area contributed by atoms with Gasteiger partial charge in [-0.3, -0.25) is 4.79 Å². The average molecular weight is 276 g/mol. The van der Waals surface area contributed by atoms with Gasteiger partial charge in [0.2, 0.25) is 5.88 Å². The fraction of sp³-hybridized carbons (Fsp3) is 0.600. The van der Waals surface area contributed by atoms with Crippen LogP contribution in [0.1, 0.15) is 29.6 Å². The van der Waals surface area contributed by atoms with Crippen LogP contribution in [0.25, 0.3) is 0 Å². The van der Waals surface area contributed by atoms with Crippen LogP contribution < -0.4 is 4.74 Å². The first kappa shape index (κ1) is 13.4. The molecular weight excluding hydrogens is 256 g/mol. The van der Waals surface area contributed by atoms with Gasteiger partial charge in [0.05, 0.1) is 19.3 Å². The Labute approximate surface area is 118 Å². The first-order valence-corrected chi connectivity index (χ1v) is 7.16. The monoisotopic (exact) mass is 276 g/mol. The second kappa shape index (κ2) is 5.79. The molecule has 5 heteroatoms. The van der Waals surface area contributed by atoms with Crippen molar-refractivity contribution in [3.05, 3.63) is 23.9 Å². The highest BCUT2D eigenvalue weighted by atomic mass is 16.5. The van der Waals surface area contributed by atoms with E-state index in [-0.39, 0.29) is 5.91 Å². The van der Waals surface area contributed by atoms with Gasteiger partial charge < -0.3 is 14.4 Å². The van der Waals surface area contributed by atoms with Crippen LogP contribution in [0.2, 0.25) is 0 Å². The molecule has 1 amide bonds. The van der Waals surface area contributed by atoms with Crippen LogP contribution in [0.5, 0.6) is 5.88 Å². The molecule has 1 aliphatic heterocycles. The minimum Gasteiger partial charge on any atom is -0.481 e. The number of amides is 1. The molecule has 0 bridgehead atoms. The fourth-order valence-electron chi connectivity index (χ4n) is 2.58. The highest BCUT2D eigenvalue weighted by Crippen LogP contribution is 2.30. The number of hydrogen-bond donors (Lipinski definition) is 0. The second-order valence-corrected chi connectivity index (χ2v) is 5.51. The lowest BCUT2D eigenvalue weighted by atomic mass is 10.1. The van der Waals surface area contributed by atoms with Crippen LogP contribution in [0.15, 0.2) is 18.3 Å². The van der Waals surface area contributed by atoms with E-state index < -0.39 is 0 Å². The molecule has 2 aliphatic rings. The van der Waals surface area contributed by atoms with Gasteiger partial charge in [0.25, 0.3) is 5.91 Å². The molecular formula is C15H20N2O3. The molecule has 0 aromatic carbocycles. The summed E-state index contributed by atoms with van der Waals surface area (Å²) in [5.41, 5.74) is 0.636. The van der Waals surface area contributed by atoms with Gasteiger partial charge in [-0.15, -0.1) is 0 Å². The molecule has 1 saturated heterocycles. The molecule has 1 aliphatic carbocycles. The summed E-state index contributed by atoms with van der Waals surface area (Å²) in [7, 11) is 1.57. The number of nitrogens with zero attached hydrogens (tertiary/aromatic N) is 2. The zero-order valence-electron chi connectivity index (χ0n) is 11.7. The summed E-state index contributed by atoms with van der Waals surface area (Å²) in [6, 6.07) is 3.93. The Bertz CT molecular complexity index is 465. The highest BCUT2D eigenvalue weighted by Gasteiger charge is 2.35. The van der Waals surface area contributed by atoms with E-state index in [1.807, 2.05) is 4.90 Å². The second-order valence-electron chi connectivity index (χ2n) is 5.51. The number of carbonyl (C=O) groups is 1. The van der Waals surface area contributed by atoms with Gasteiger partial charge in [-0.2, -0.15) is 0 Å². The summed E-state index contributed by atoms with van der Waals surface area (Å²) in [5, 5.41) is 0. The molecule has 1 aromatic rings. The van der Waals surface area contributed by atoms with Gasteiger partial charge in [0.15, 0.2) is 0 Å². The number of rotatable bonds is 5. The molecule has 20 heavy (non-hydrogen) atoms. The normalized spacial score (nSPS) is 21.8. The Hall–Kier alpha value is -1.62. The van der Waals surface area contributed by atoms with Crippen molar-refractivity contribution in [2.24, 2.45) is 5.92 Å². The molecule has 0 spiro atoms. The summed E-state index contributed by atoms with van der Waals surface area (Å²) in [6.45, 7) is 2.40. The lowest BCUT2D eigenvalue weighted by Gasteiger charge is -2.25. The predicted molar refractivity (Wildman–Crippen MR) is 73.8 cm³/mol. The first-order chi connectivity index (χ1) is 9.78. The van der Waals surface area contributed by atoms with Gasteiger partial charge in [0, 0.05) is 37.4 Å². The molecule has 108 valence electrons. The maximum atomic E-state index is 12.6. The third-order valence-electron chi connectivity index (χ3n) is 3.92. The van der Waals surface area contributed by atoms with Crippen LogP contribution in [0, 0.1) is 5.92 Å². The topological polar surface area (TPSA) is 51.7 Å². The summed E-state index contributed by atoms with van der Waals surface area (Å²) in [6.07, 6.45) is 4.88. The van der Waals surface area contributed by atoms with Gasteiger partial charge >= 0.3 is 0 Å². The van der Waals surface area contributed by atoms with Crippen LogP contribution in [0.4, 0.5) is 0 Å². The zero-order valence-corrected chi connectivity index (χ0v) is 11.7. The summed E-state index contributed by atoms with van der Waals surface area (Å²) < 4.78 is 10.4. The summed E-state index contributed by atoms with van der Waals surface area (Å²) >= 11 is 0. The third kappa shape index (κ3) is 2.93. The average Bonchev–Trinajstić information content (AvgIpc) is 3.21. The molecule has 3 rings (SSSR count). The van der Waals surface area contributed by atoms with Gasteiger partial charge in [-0.05, 0) is 25.3 Å². The number of carbonyl (C=O) groups excluding carboxylic acids is 1. The number of pyridine rings is 1. The van der Waals surface area contributed by atoms with Crippen molar-refractivity contribution < 1.29 is 14.3 Å². The van der Waals surface area contributed by atoms with E-state index in [9.17, 15) is 4.79 Å². The van der Waals surface area contributed by atoms with E-state index in [4.69, 9.17) is 9.47 Å². The number of hydrogen-bond acceptors (Lipinski definition) is 4. The van der Waals surface area contributed by atoms with Crippen molar-refractivity contribution in [2.45, 2.75) is 25.3 Å². The number of aromatic nitrogens is 1. The van der Waals surface area contributed by atoms with Crippen molar-refractivity contribution in [3.63, 3.8) is 0 Å². The van der Waals surface area contributed by atoms with Crippen molar-refractivity contribution in [1.82, 2.24) is 9.88 Å². The Kier molecular flexibility index (Phi) is 3.87. The Morgan fingerprint density at radius 1 is 1.45 bits per heavy atom. The molecule has 5 nitrogen and oxygen atoms in total. The standard InChI is InChI=1S/C15H20N2O3/c1-19-14-5-2-12(8-16-14)15(18)17(13-3-4-13)9-11-6-7-20-10-11/h2,5,8,11,13H,3-4,6-7,9-10H2,1H3. The largest absolute Gasteiger partial charge is 0.481 e. The van der Waals surface area contributed by atoms with E-state index in [2.05, 4.69) is 4.98 Å². The van der Waals surface area contributed by atoms with E-state index in [1.54, 1.807) is 25.4 Å². The van der Waals surface area contributed by atoms with Crippen LogP contribution in [0.3, 0.4) is 0 Å². The molecule has 1 atom stereocenters. The number of ether oxygens (including phenoxy) is 2. The zero-order chi connectivity index (χ0) is 13.9. The highest BCUT2D eigenvalue weighted by molar-refractivity contribution is 5.94. The third-order valence-corrected chi connectivity index (χ3v) is 3.92. The lowest BCUT2D eigenvalue weighted by Crippen LogP contribution is -2.37. The maximum absolute atomic E-state index is 12.6. The summed E-state index contributed by atoms with van der Waals surface area (Å²) in [5.74, 6) is 1.09. The molecule has 1 saturated carbocycles. The molecule has 2 heterocycles. The van der Waals surface area contributed by atoms with Crippen molar-refractivity contribution >= 4 is 5.91 Å².